The summed E-state index contributed by atoms with van der Waals surface area (Å²) < 4.78 is 31.6. The number of fused-ring (bicyclic) bond motifs is 5. The SMILES string of the molecule is O=C(c1ccc(C(F)F)cc1)C1CC2CCC(C1)N2C(=O)OCC1c2ccccc2-c2ccccc21. The molecule has 1 aliphatic carbocycles. The summed E-state index contributed by atoms with van der Waals surface area (Å²) in [5.74, 6) is -0.230. The standard InChI is InChI=1S/C30H27F2NO3/c31-29(32)19-11-9-18(10-12-19)28(34)20-15-21-13-14-22(16-20)33(21)30(35)36-17-27-25-7-3-1-5-23(25)24-6-2-4-8-26(24)27/h1-12,20-22,27,29H,13-17H2. The van der Waals surface area contributed by atoms with Crippen molar-refractivity contribution in [2.24, 2.45) is 5.92 Å². The Morgan fingerprint density at radius 1 is 0.833 bits per heavy atom. The van der Waals surface area contributed by atoms with Gasteiger partial charge in [0.1, 0.15) is 6.61 Å². The zero-order chi connectivity index (χ0) is 24.8. The van der Waals surface area contributed by atoms with Gasteiger partial charge in [0.15, 0.2) is 5.78 Å². The largest absolute Gasteiger partial charge is 0.448 e. The number of halogens is 2. The van der Waals surface area contributed by atoms with Gasteiger partial charge in [-0.25, -0.2) is 13.6 Å². The van der Waals surface area contributed by atoms with Gasteiger partial charge in [-0.2, -0.15) is 0 Å². The summed E-state index contributed by atoms with van der Waals surface area (Å²) in [6.07, 6.45) is 0.0000337. The molecule has 2 saturated heterocycles. The number of alkyl halides is 2. The van der Waals surface area contributed by atoms with Gasteiger partial charge in [0.2, 0.25) is 0 Å². The van der Waals surface area contributed by atoms with E-state index in [1.54, 1.807) is 0 Å². The third-order valence-corrected chi connectivity index (χ3v) is 8.10. The molecule has 3 aliphatic rings. The molecule has 1 amide bonds. The summed E-state index contributed by atoms with van der Waals surface area (Å²) in [6, 6.07) is 22.1. The number of hydrogen-bond acceptors (Lipinski definition) is 3. The lowest BCUT2D eigenvalue weighted by Gasteiger charge is -2.37. The molecule has 2 heterocycles. The zero-order valence-electron chi connectivity index (χ0n) is 19.8. The molecule has 184 valence electrons. The van der Waals surface area contributed by atoms with Crippen LogP contribution in [0.1, 0.15) is 65.1 Å². The van der Waals surface area contributed by atoms with Gasteiger partial charge in [-0.3, -0.25) is 4.79 Å². The van der Waals surface area contributed by atoms with Crippen LogP contribution < -0.4 is 0 Å². The normalized spacial score (nSPS) is 22.4. The van der Waals surface area contributed by atoms with Crippen molar-refractivity contribution in [1.29, 1.82) is 0 Å². The fourth-order valence-electron chi connectivity index (χ4n) is 6.39. The third-order valence-electron chi connectivity index (χ3n) is 8.10. The monoisotopic (exact) mass is 487 g/mol. The summed E-state index contributed by atoms with van der Waals surface area (Å²) in [6.45, 7) is 0.279. The highest BCUT2D eigenvalue weighted by Gasteiger charge is 2.46. The van der Waals surface area contributed by atoms with Crippen molar-refractivity contribution >= 4 is 11.9 Å². The van der Waals surface area contributed by atoms with Crippen molar-refractivity contribution in [2.75, 3.05) is 6.61 Å². The predicted octanol–water partition coefficient (Wildman–Crippen LogP) is 7.00. The molecule has 2 fully saturated rings. The van der Waals surface area contributed by atoms with Crippen LogP contribution in [0.4, 0.5) is 13.6 Å². The average Bonchev–Trinajstić information content (AvgIpc) is 3.37. The van der Waals surface area contributed by atoms with Crippen LogP contribution in [-0.2, 0) is 4.74 Å². The van der Waals surface area contributed by atoms with E-state index in [0.717, 1.165) is 12.8 Å². The van der Waals surface area contributed by atoms with Crippen LogP contribution in [0.15, 0.2) is 72.8 Å². The maximum Gasteiger partial charge on any atom is 0.410 e. The van der Waals surface area contributed by atoms with E-state index in [1.165, 1.54) is 46.5 Å². The first-order valence-corrected chi connectivity index (χ1v) is 12.6. The Kier molecular flexibility index (Phi) is 5.82. The van der Waals surface area contributed by atoms with E-state index in [4.69, 9.17) is 4.74 Å². The third kappa shape index (κ3) is 3.89. The van der Waals surface area contributed by atoms with E-state index in [1.807, 2.05) is 29.2 Å². The predicted molar refractivity (Wildman–Crippen MR) is 132 cm³/mol. The first kappa shape index (κ1) is 22.9. The highest BCUT2D eigenvalue weighted by molar-refractivity contribution is 5.98. The minimum Gasteiger partial charge on any atom is -0.448 e. The van der Waals surface area contributed by atoms with Crippen molar-refractivity contribution in [3.8, 4) is 11.1 Å². The quantitative estimate of drug-likeness (QED) is 0.364. The van der Waals surface area contributed by atoms with Crippen LogP contribution in [0, 0.1) is 5.92 Å². The van der Waals surface area contributed by atoms with E-state index in [2.05, 4.69) is 24.3 Å². The molecule has 3 aromatic carbocycles. The van der Waals surface area contributed by atoms with Crippen LogP contribution in [0.2, 0.25) is 0 Å². The fraction of sp³-hybridized carbons (Fsp3) is 0.333. The summed E-state index contributed by atoms with van der Waals surface area (Å²) in [5, 5.41) is 0. The van der Waals surface area contributed by atoms with E-state index in [0.29, 0.717) is 18.4 Å². The van der Waals surface area contributed by atoms with Gasteiger partial charge in [-0.05, 0) is 47.9 Å². The summed E-state index contributed by atoms with van der Waals surface area (Å²) in [7, 11) is 0. The molecule has 36 heavy (non-hydrogen) atoms. The Labute approximate surface area is 208 Å². The number of piperidine rings is 1. The van der Waals surface area contributed by atoms with E-state index in [-0.39, 0.29) is 48.0 Å². The van der Waals surface area contributed by atoms with Crippen LogP contribution in [0.25, 0.3) is 11.1 Å². The molecule has 0 N–H and O–H groups in total. The van der Waals surface area contributed by atoms with Crippen molar-refractivity contribution in [2.45, 2.75) is 50.1 Å². The molecule has 2 atom stereocenters. The Hall–Kier alpha value is -3.54. The Morgan fingerprint density at radius 3 is 1.94 bits per heavy atom. The lowest BCUT2D eigenvalue weighted by atomic mass is 9.85. The molecular formula is C30H27F2NO3. The van der Waals surface area contributed by atoms with Crippen LogP contribution in [0.5, 0.6) is 0 Å². The lowest BCUT2D eigenvalue weighted by Crippen LogP contribution is -2.48. The molecule has 0 saturated carbocycles. The Balaban J connectivity index is 1.12. The molecule has 0 aromatic heterocycles. The molecule has 2 bridgehead atoms. The number of ketones is 1. The number of carbonyl (C=O) groups excluding carboxylic acids is 2. The van der Waals surface area contributed by atoms with Crippen LogP contribution >= 0.6 is 0 Å². The van der Waals surface area contributed by atoms with Gasteiger partial charge in [0.05, 0.1) is 0 Å². The van der Waals surface area contributed by atoms with Gasteiger partial charge in [-0.15, -0.1) is 0 Å². The fourth-order valence-corrected chi connectivity index (χ4v) is 6.39. The summed E-state index contributed by atoms with van der Waals surface area (Å²) >= 11 is 0. The number of ether oxygens (including phenoxy) is 1. The topological polar surface area (TPSA) is 46.6 Å². The first-order valence-electron chi connectivity index (χ1n) is 12.6. The average molecular weight is 488 g/mol. The van der Waals surface area contributed by atoms with Gasteiger partial charge in [0.25, 0.3) is 6.43 Å². The smallest absolute Gasteiger partial charge is 0.410 e. The number of rotatable bonds is 5. The van der Waals surface area contributed by atoms with Crippen molar-refractivity contribution in [3.63, 3.8) is 0 Å². The molecule has 4 nitrogen and oxygen atoms in total. The Morgan fingerprint density at radius 2 is 1.39 bits per heavy atom. The highest BCUT2D eigenvalue weighted by atomic mass is 19.3. The molecular weight excluding hydrogens is 460 g/mol. The van der Waals surface area contributed by atoms with E-state index >= 15 is 0 Å². The van der Waals surface area contributed by atoms with E-state index < -0.39 is 6.43 Å². The maximum atomic E-state index is 13.2. The minimum atomic E-state index is -2.55. The van der Waals surface area contributed by atoms with Crippen molar-refractivity contribution < 1.29 is 23.1 Å². The van der Waals surface area contributed by atoms with Gasteiger partial charge >= 0.3 is 6.09 Å². The number of carbonyl (C=O) groups is 2. The lowest BCUT2D eigenvalue weighted by molar-refractivity contribution is 0.0506. The summed E-state index contributed by atoms with van der Waals surface area (Å²) in [5.41, 5.74) is 5.11. The molecule has 6 heteroatoms. The molecule has 0 spiro atoms. The van der Waals surface area contributed by atoms with Crippen LogP contribution in [-0.4, -0.2) is 35.5 Å². The van der Waals surface area contributed by atoms with Gasteiger partial charge in [0, 0.05) is 35.0 Å². The maximum absolute atomic E-state index is 13.2. The van der Waals surface area contributed by atoms with E-state index in [9.17, 15) is 18.4 Å². The van der Waals surface area contributed by atoms with Crippen LogP contribution in [0.3, 0.4) is 0 Å². The molecule has 2 unspecified atom stereocenters. The zero-order valence-corrected chi connectivity index (χ0v) is 19.8. The molecule has 3 aromatic rings. The number of Topliss-reactive ketones (excluding diaryl/α,β-unsaturated/α-hetero) is 1. The van der Waals surface area contributed by atoms with Crippen molar-refractivity contribution in [1.82, 2.24) is 4.90 Å². The van der Waals surface area contributed by atoms with Gasteiger partial charge in [-0.1, -0.05) is 72.8 Å². The number of nitrogens with zero attached hydrogens (tertiary/aromatic N) is 1. The molecule has 0 radical (unpaired) electrons. The molecule has 2 aliphatic heterocycles. The highest BCUT2D eigenvalue weighted by Crippen LogP contribution is 2.45. The van der Waals surface area contributed by atoms with Crippen molar-refractivity contribution in [3.05, 3.63) is 95.1 Å². The number of hydrogen-bond donors (Lipinski definition) is 0. The molecule has 6 rings (SSSR count). The number of benzene rings is 3. The second kappa shape index (κ2) is 9.16. The Bertz CT molecular complexity index is 1250. The second-order valence-corrected chi connectivity index (χ2v) is 10.1. The number of amides is 1. The minimum absolute atomic E-state index is 0.00864. The second-order valence-electron chi connectivity index (χ2n) is 10.1. The van der Waals surface area contributed by atoms with Gasteiger partial charge < -0.3 is 9.64 Å². The first-order chi connectivity index (χ1) is 17.5. The summed E-state index contributed by atoms with van der Waals surface area (Å²) in [4.78, 5) is 28.2.